The van der Waals surface area contributed by atoms with E-state index in [1.165, 1.54) is 0 Å². The molecule has 1 aliphatic rings. The van der Waals surface area contributed by atoms with Gasteiger partial charge < -0.3 is 10.3 Å². The van der Waals surface area contributed by atoms with Crippen LogP contribution >= 0.6 is 0 Å². The SMILES string of the molecule is C=C1C=c2c(nc(C)[nH]c2=O)=CN1. The van der Waals surface area contributed by atoms with E-state index < -0.39 is 0 Å². The van der Waals surface area contributed by atoms with E-state index in [2.05, 4.69) is 21.9 Å². The smallest absolute Gasteiger partial charge is 0.258 e. The maximum absolute atomic E-state index is 11.4. The third-order valence-electron chi connectivity index (χ3n) is 1.82. The van der Waals surface area contributed by atoms with E-state index in [-0.39, 0.29) is 5.56 Å². The van der Waals surface area contributed by atoms with Crippen molar-refractivity contribution in [2.45, 2.75) is 6.92 Å². The lowest BCUT2D eigenvalue weighted by Crippen LogP contribution is -2.46. The Morgan fingerprint density at radius 3 is 3.08 bits per heavy atom. The van der Waals surface area contributed by atoms with Crippen molar-refractivity contribution >= 4 is 12.3 Å². The number of aryl methyl sites for hydroxylation is 1. The van der Waals surface area contributed by atoms with Gasteiger partial charge in [-0.3, -0.25) is 4.79 Å². The zero-order chi connectivity index (χ0) is 9.42. The summed E-state index contributed by atoms with van der Waals surface area (Å²) in [7, 11) is 0. The summed E-state index contributed by atoms with van der Waals surface area (Å²) in [6.07, 6.45) is 3.36. The molecule has 0 saturated carbocycles. The van der Waals surface area contributed by atoms with Crippen LogP contribution in [0.15, 0.2) is 17.1 Å². The first kappa shape index (κ1) is 7.79. The monoisotopic (exact) mass is 175 g/mol. The maximum Gasteiger partial charge on any atom is 0.258 e. The summed E-state index contributed by atoms with van der Waals surface area (Å²) in [5.41, 5.74) is 0.574. The highest BCUT2D eigenvalue weighted by Crippen LogP contribution is 1.85. The van der Waals surface area contributed by atoms with Crippen molar-refractivity contribution in [3.05, 3.63) is 39.0 Å². The molecule has 2 rings (SSSR count). The third kappa shape index (κ3) is 1.26. The third-order valence-corrected chi connectivity index (χ3v) is 1.82. The Bertz CT molecular complexity index is 539. The number of nitrogens with one attached hydrogen (secondary N) is 2. The van der Waals surface area contributed by atoms with E-state index in [0.717, 1.165) is 0 Å². The van der Waals surface area contributed by atoms with Gasteiger partial charge in [-0.15, -0.1) is 0 Å². The second-order valence-electron chi connectivity index (χ2n) is 2.91. The van der Waals surface area contributed by atoms with Crippen molar-refractivity contribution in [3.63, 3.8) is 0 Å². The number of hydrogen-bond donors (Lipinski definition) is 2. The van der Waals surface area contributed by atoms with Gasteiger partial charge in [-0.2, -0.15) is 0 Å². The van der Waals surface area contributed by atoms with Crippen LogP contribution in [-0.2, 0) is 0 Å². The molecule has 1 aromatic heterocycles. The number of rotatable bonds is 0. The molecule has 2 heterocycles. The quantitative estimate of drug-likeness (QED) is 0.516. The number of allylic oxidation sites excluding steroid dienone is 1. The summed E-state index contributed by atoms with van der Waals surface area (Å²) in [4.78, 5) is 18.2. The van der Waals surface area contributed by atoms with Crippen LogP contribution in [0.1, 0.15) is 5.82 Å². The second-order valence-corrected chi connectivity index (χ2v) is 2.91. The maximum atomic E-state index is 11.4. The number of nitrogens with zero attached hydrogens (tertiary/aromatic N) is 1. The summed E-state index contributed by atoms with van der Waals surface area (Å²) >= 11 is 0. The van der Waals surface area contributed by atoms with Crippen molar-refractivity contribution in [2.75, 3.05) is 0 Å². The molecule has 0 aromatic carbocycles. The summed E-state index contributed by atoms with van der Waals surface area (Å²) in [5.74, 6) is 0.614. The Hall–Kier alpha value is -1.84. The molecular weight excluding hydrogens is 166 g/mol. The highest BCUT2D eigenvalue weighted by atomic mass is 16.1. The zero-order valence-electron chi connectivity index (χ0n) is 7.22. The Morgan fingerprint density at radius 2 is 2.31 bits per heavy atom. The molecule has 0 amide bonds. The fourth-order valence-corrected chi connectivity index (χ4v) is 1.24. The molecule has 66 valence electrons. The van der Waals surface area contributed by atoms with E-state index in [1.54, 1.807) is 19.2 Å². The highest BCUT2D eigenvalue weighted by Gasteiger charge is 2.00. The molecule has 4 heteroatoms. The molecule has 4 nitrogen and oxygen atoms in total. The predicted molar refractivity (Wildman–Crippen MR) is 50.1 cm³/mol. The first-order chi connectivity index (χ1) is 6.16. The van der Waals surface area contributed by atoms with Crippen LogP contribution in [-0.4, -0.2) is 9.97 Å². The summed E-state index contributed by atoms with van der Waals surface area (Å²) in [5, 5.41) is 4.13. The number of hydrogen-bond acceptors (Lipinski definition) is 3. The molecule has 2 N–H and O–H groups in total. The van der Waals surface area contributed by atoms with Crippen LogP contribution in [0.3, 0.4) is 0 Å². The molecule has 1 aromatic rings. The van der Waals surface area contributed by atoms with Gasteiger partial charge in [0.2, 0.25) is 0 Å². The fraction of sp³-hybridized carbons (Fsp3) is 0.111. The lowest BCUT2D eigenvalue weighted by atomic mass is 10.3. The largest absolute Gasteiger partial charge is 0.360 e. The number of H-pyrrole nitrogens is 1. The summed E-state index contributed by atoms with van der Waals surface area (Å²) in [6, 6.07) is 0. The second kappa shape index (κ2) is 2.58. The van der Waals surface area contributed by atoms with E-state index in [1.807, 2.05) is 0 Å². The molecule has 0 fully saturated rings. The van der Waals surface area contributed by atoms with Crippen molar-refractivity contribution in [2.24, 2.45) is 0 Å². The zero-order valence-corrected chi connectivity index (χ0v) is 7.22. The molecule has 13 heavy (non-hydrogen) atoms. The van der Waals surface area contributed by atoms with Crippen LogP contribution in [0.2, 0.25) is 0 Å². The predicted octanol–water partition coefficient (Wildman–Crippen LogP) is -1.29. The molecule has 0 bridgehead atoms. The topological polar surface area (TPSA) is 57.8 Å². The van der Waals surface area contributed by atoms with E-state index in [4.69, 9.17) is 0 Å². The van der Waals surface area contributed by atoms with Gasteiger partial charge in [0.1, 0.15) is 5.82 Å². The molecule has 0 spiro atoms. The standard InChI is InChI=1S/C9H9N3O/c1-5-3-7-8(4-10-5)11-6(2)12-9(7)13/h3-4,10H,1H2,2H3,(H,11,12,13). The van der Waals surface area contributed by atoms with Crippen molar-refractivity contribution < 1.29 is 0 Å². The van der Waals surface area contributed by atoms with Gasteiger partial charge >= 0.3 is 0 Å². The number of aromatic amines is 1. The molecule has 0 radical (unpaired) electrons. The van der Waals surface area contributed by atoms with E-state index >= 15 is 0 Å². The first-order valence-electron chi connectivity index (χ1n) is 3.91. The highest BCUT2D eigenvalue weighted by molar-refractivity contribution is 5.50. The number of fused-ring (bicyclic) bond motifs is 1. The average Bonchev–Trinajstić information content (AvgIpc) is 2.06. The molecule has 0 aliphatic carbocycles. The van der Waals surface area contributed by atoms with Crippen LogP contribution in [0, 0.1) is 6.92 Å². The minimum Gasteiger partial charge on any atom is -0.360 e. The summed E-state index contributed by atoms with van der Waals surface area (Å²) < 4.78 is 0. The van der Waals surface area contributed by atoms with Gasteiger partial charge in [-0.1, -0.05) is 6.58 Å². The van der Waals surface area contributed by atoms with Gasteiger partial charge in [0.25, 0.3) is 5.56 Å². The van der Waals surface area contributed by atoms with Crippen molar-refractivity contribution in [1.29, 1.82) is 0 Å². The fourth-order valence-electron chi connectivity index (χ4n) is 1.24. The molecule has 0 unspecified atom stereocenters. The molecule has 1 aliphatic heterocycles. The van der Waals surface area contributed by atoms with Crippen LogP contribution in [0.4, 0.5) is 0 Å². The minimum atomic E-state index is -0.124. The van der Waals surface area contributed by atoms with Crippen molar-refractivity contribution in [3.8, 4) is 0 Å². The first-order valence-corrected chi connectivity index (χ1v) is 3.91. The molecule has 0 saturated heterocycles. The van der Waals surface area contributed by atoms with E-state index in [0.29, 0.717) is 22.1 Å². The van der Waals surface area contributed by atoms with Gasteiger partial charge in [0, 0.05) is 11.9 Å². The molecule has 0 atom stereocenters. The van der Waals surface area contributed by atoms with Gasteiger partial charge in [0.15, 0.2) is 0 Å². The summed E-state index contributed by atoms with van der Waals surface area (Å²) in [6.45, 7) is 5.45. The normalized spacial score (nSPS) is 13.8. The van der Waals surface area contributed by atoms with Crippen LogP contribution in [0.5, 0.6) is 0 Å². The average molecular weight is 175 g/mol. The van der Waals surface area contributed by atoms with Gasteiger partial charge in [-0.25, -0.2) is 4.98 Å². The minimum absolute atomic E-state index is 0.124. The van der Waals surface area contributed by atoms with Gasteiger partial charge in [-0.05, 0) is 13.0 Å². The van der Waals surface area contributed by atoms with Crippen LogP contribution < -0.4 is 21.4 Å². The Morgan fingerprint density at radius 1 is 1.54 bits per heavy atom. The Kier molecular flexibility index (Phi) is 1.55. The lowest BCUT2D eigenvalue weighted by molar-refractivity contribution is 0.956. The number of aromatic nitrogens is 2. The Labute approximate surface area is 74.3 Å². The van der Waals surface area contributed by atoms with Crippen LogP contribution in [0.25, 0.3) is 12.3 Å². The lowest BCUT2D eigenvalue weighted by Gasteiger charge is -2.04. The molecular formula is C9H9N3O. The Balaban J connectivity index is 2.96. The van der Waals surface area contributed by atoms with Crippen molar-refractivity contribution in [1.82, 2.24) is 15.3 Å². The van der Waals surface area contributed by atoms with E-state index in [9.17, 15) is 4.79 Å². The van der Waals surface area contributed by atoms with Gasteiger partial charge in [0.05, 0.1) is 10.6 Å².